The van der Waals surface area contributed by atoms with Crippen LogP contribution in [0.2, 0.25) is 0 Å². The third-order valence-electron chi connectivity index (χ3n) is 3.57. The minimum atomic E-state index is -0.147. The minimum Gasteiger partial charge on any atom is -0.373 e. The van der Waals surface area contributed by atoms with Crippen LogP contribution in [0.1, 0.15) is 20.3 Å². The summed E-state index contributed by atoms with van der Waals surface area (Å²) in [4.78, 5) is 8.63. The first-order valence-electron chi connectivity index (χ1n) is 6.27. The van der Waals surface area contributed by atoms with E-state index in [4.69, 9.17) is 4.74 Å². The summed E-state index contributed by atoms with van der Waals surface area (Å²) in [6.07, 6.45) is 2.61. The number of fused-ring (bicyclic) bond motifs is 1. The van der Waals surface area contributed by atoms with Crippen LogP contribution in [0.3, 0.4) is 0 Å². The number of hydrogen-bond donors (Lipinski definition) is 1. The molecule has 0 radical (unpaired) electrons. The lowest BCUT2D eigenvalue weighted by molar-refractivity contribution is 0.0314. The van der Waals surface area contributed by atoms with Crippen molar-refractivity contribution in [3.63, 3.8) is 0 Å². The summed E-state index contributed by atoms with van der Waals surface area (Å²) in [5.41, 5.74) is 0.818. The van der Waals surface area contributed by atoms with E-state index >= 15 is 0 Å². The second kappa shape index (κ2) is 4.21. The Balaban J connectivity index is 1.95. The largest absolute Gasteiger partial charge is 0.373 e. The molecule has 4 nitrogen and oxygen atoms in total. The van der Waals surface area contributed by atoms with E-state index in [1.54, 1.807) is 6.33 Å². The lowest BCUT2D eigenvalue weighted by Crippen LogP contribution is -2.38. The van der Waals surface area contributed by atoms with Gasteiger partial charge >= 0.3 is 0 Å². The van der Waals surface area contributed by atoms with Crippen molar-refractivity contribution in [1.29, 1.82) is 0 Å². The second-order valence-electron chi connectivity index (χ2n) is 5.18. The molecule has 3 rings (SSSR count). The monoisotopic (exact) mass is 243 g/mol. The van der Waals surface area contributed by atoms with Gasteiger partial charge in [-0.25, -0.2) is 9.97 Å². The third-order valence-corrected chi connectivity index (χ3v) is 3.57. The maximum absolute atomic E-state index is 5.73. The molecule has 0 bridgehead atoms. The molecule has 1 aliphatic rings. The smallest absolute Gasteiger partial charge is 0.137 e. The molecule has 2 aromatic rings. The zero-order chi connectivity index (χ0) is 12.6. The summed E-state index contributed by atoms with van der Waals surface area (Å²) in [6.45, 7) is 5.02. The summed E-state index contributed by atoms with van der Waals surface area (Å²) >= 11 is 0. The molecule has 1 aromatic carbocycles. The summed E-state index contributed by atoms with van der Waals surface area (Å²) < 4.78 is 5.73. The summed E-state index contributed by atoms with van der Waals surface area (Å²) in [5, 5.41) is 4.56. The number of hydrogen-bond acceptors (Lipinski definition) is 4. The molecule has 0 spiro atoms. The van der Waals surface area contributed by atoms with E-state index < -0.39 is 0 Å². The molecule has 1 aliphatic heterocycles. The van der Waals surface area contributed by atoms with Gasteiger partial charge in [0.25, 0.3) is 0 Å². The Bertz CT molecular complexity index is 562. The molecule has 0 saturated carbocycles. The van der Waals surface area contributed by atoms with Gasteiger partial charge in [-0.15, -0.1) is 0 Å². The van der Waals surface area contributed by atoms with Gasteiger partial charge in [0.2, 0.25) is 0 Å². The van der Waals surface area contributed by atoms with Crippen molar-refractivity contribution in [2.75, 3.05) is 11.9 Å². The van der Waals surface area contributed by atoms with E-state index in [9.17, 15) is 0 Å². The molecule has 18 heavy (non-hydrogen) atoms. The fraction of sp³-hybridized carbons (Fsp3) is 0.429. The average molecular weight is 243 g/mol. The van der Waals surface area contributed by atoms with Crippen LogP contribution in [-0.4, -0.2) is 28.2 Å². The third kappa shape index (κ3) is 1.93. The Morgan fingerprint density at radius 2 is 2.11 bits per heavy atom. The van der Waals surface area contributed by atoms with Crippen molar-refractivity contribution in [1.82, 2.24) is 9.97 Å². The van der Waals surface area contributed by atoms with E-state index in [1.807, 2.05) is 24.3 Å². The van der Waals surface area contributed by atoms with Crippen LogP contribution in [-0.2, 0) is 4.74 Å². The van der Waals surface area contributed by atoms with Gasteiger partial charge in [0.05, 0.1) is 17.2 Å². The number of para-hydroxylation sites is 1. The normalized spacial score (nSPS) is 22.2. The minimum absolute atomic E-state index is 0.147. The quantitative estimate of drug-likeness (QED) is 0.880. The van der Waals surface area contributed by atoms with E-state index in [2.05, 4.69) is 29.1 Å². The van der Waals surface area contributed by atoms with Gasteiger partial charge in [-0.1, -0.05) is 12.1 Å². The SMILES string of the molecule is CC1(C)OCCC1Nc1ncnc2ccccc12. The van der Waals surface area contributed by atoms with E-state index in [1.165, 1.54) is 0 Å². The first-order valence-corrected chi connectivity index (χ1v) is 6.27. The molecule has 1 aromatic heterocycles. The number of aromatic nitrogens is 2. The molecule has 1 saturated heterocycles. The van der Waals surface area contributed by atoms with Gasteiger partial charge in [-0.2, -0.15) is 0 Å². The molecule has 94 valence electrons. The van der Waals surface area contributed by atoms with Crippen molar-refractivity contribution >= 4 is 16.7 Å². The van der Waals surface area contributed by atoms with Crippen LogP contribution in [0.15, 0.2) is 30.6 Å². The topological polar surface area (TPSA) is 47.0 Å². The molecular weight excluding hydrogens is 226 g/mol. The maximum Gasteiger partial charge on any atom is 0.137 e. The van der Waals surface area contributed by atoms with Crippen molar-refractivity contribution in [2.24, 2.45) is 0 Å². The number of rotatable bonds is 2. The Kier molecular flexibility index (Phi) is 2.67. The molecule has 4 heteroatoms. The lowest BCUT2D eigenvalue weighted by atomic mass is 9.99. The van der Waals surface area contributed by atoms with Crippen molar-refractivity contribution in [2.45, 2.75) is 31.9 Å². The Labute approximate surface area is 106 Å². The van der Waals surface area contributed by atoms with Gasteiger partial charge < -0.3 is 10.1 Å². The number of benzene rings is 1. The molecular formula is C14H17N3O. The lowest BCUT2D eigenvalue weighted by Gasteiger charge is -2.27. The van der Waals surface area contributed by atoms with E-state index in [0.29, 0.717) is 0 Å². The Morgan fingerprint density at radius 3 is 2.89 bits per heavy atom. The van der Waals surface area contributed by atoms with Crippen LogP contribution in [0.4, 0.5) is 5.82 Å². The van der Waals surface area contributed by atoms with Crippen LogP contribution < -0.4 is 5.32 Å². The Hall–Kier alpha value is -1.68. The van der Waals surface area contributed by atoms with Crippen LogP contribution >= 0.6 is 0 Å². The summed E-state index contributed by atoms with van der Waals surface area (Å²) in [7, 11) is 0. The van der Waals surface area contributed by atoms with Gasteiger partial charge in [0.15, 0.2) is 0 Å². The maximum atomic E-state index is 5.73. The van der Waals surface area contributed by atoms with Crippen molar-refractivity contribution in [3.05, 3.63) is 30.6 Å². The van der Waals surface area contributed by atoms with E-state index in [-0.39, 0.29) is 11.6 Å². The zero-order valence-corrected chi connectivity index (χ0v) is 10.7. The highest BCUT2D eigenvalue weighted by atomic mass is 16.5. The highest BCUT2D eigenvalue weighted by Gasteiger charge is 2.36. The number of ether oxygens (including phenoxy) is 1. The van der Waals surface area contributed by atoms with Gasteiger partial charge in [0.1, 0.15) is 12.1 Å². The predicted molar refractivity (Wildman–Crippen MR) is 71.6 cm³/mol. The molecule has 1 atom stereocenters. The molecule has 1 N–H and O–H groups in total. The van der Waals surface area contributed by atoms with Crippen LogP contribution in [0.25, 0.3) is 10.9 Å². The molecule has 2 heterocycles. The standard InChI is InChI=1S/C14H17N3O/c1-14(2)12(7-8-18-14)17-13-10-5-3-4-6-11(10)15-9-16-13/h3-6,9,12H,7-8H2,1-2H3,(H,15,16,17). The highest BCUT2D eigenvalue weighted by Crippen LogP contribution is 2.29. The fourth-order valence-electron chi connectivity index (χ4n) is 2.42. The van der Waals surface area contributed by atoms with Crippen molar-refractivity contribution in [3.8, 4) is 0 Å². The molecule has 0 aliphatic carbocycles. The van der Waals surface area contributed by atoms with E-state index in [0.717, 1.165) is 29.7 Å². The molecule has 1 fully saturated rings. The molecule has 1 unspecified atom stereocenters. The number of nitrogens with one attached hydrogen (secondary N) is 1. The number of anilines is 1. The van der Waals surface area contributed by atoms with Crippen LogP contribution in [0, 0.1) is 0 Å². The zero-order valence-electron chi connectivity index (χ0n) is 10.7. The van der Waals surface area contributed by atoms with Gasteiger partial charge in [-0.3, -0.25) is 0 Å². The van der Waals surface area contributed by atoms with Gasteiger partial charge in [-0.05, 0) is 32.4 Å². The highest BCUT2D eigenvalue weighted by molar-refractivity contribution is 5.88. The first kappa shape index (κ1) is 11.4. The summed E-state index contributed by atoms with van der Waals surface area (Å²) in [6, 6.07) is 8.32. The summed E-state index contributed by atoms with van der Waals surface area (Å²) in [5.74, 6) is 0.893. The number of nitrogens with zero attached hydrogens (tertiary/aromatic N) is 2. The predicted octanol–water partition coefficient (Wildman–Crippen LogP) is 2.61. The first-order chi connectivity index (χ1) is 8.67. The second-order valence-corrected chi connectivity index (χ2v) is 5.18. The Morgan fingerprint density at radius 1 is 1.28 bits per heavy atom. The molecule has 0 amide bonds. The average Bonchev–Trinajstić information content (AvgIpc) is 2.69. The fourth-order valence-corrected chi connectivity index (χ4v) is 2.42. The van der Waals surface area contributed by atoms with Crippen LogP contribution in [0.5, 0.6) is 0 Å². The van der Waals surface area contributed by atoms with Gasteiger partial charge in [0, 0.05) is 12.0 Å². The van der Waals surface area contributed by atoms with Crippen molar-refractivity contribution < 1.29 is 4.74 Å².